The lowest BCUT2D eigenvalue weighted by atomic mass is 10.0. The third-order valence-electron chi connectivity index (χ3n) is 6.50. The molecule has 2 aromatic carbocycles. The summed E-state index contributed by atoms with van der Waals surface area (Å²) in [6, 6.07) is 18.1. The number of carbonyl (C=O) groups excluding carboxylic acids is 2. The number of urea groups is 1. The van der Waals surface area contributed by atoms with Crippen molar-refractivity contribution in [2.75, 3.05) is 55.7 Å². The Morgan fingerprint density at radius 1 is 0.879 bits per heavy atom. The molecule has 2 heterocycles. The molecule has 2 aromatic rings. The molecule has 0 spiro atoms. The number of piperazine rings is 1. The van der Waals surface area contributed by atoms with E-state index >= 15 is 0 Å². The summed E-state index contributed by atoms with van der Waals surface area (Å²) in [5, 5.41) is 0. The van der Waals surface area contributed by atoms with Gasteiger partial charge in [-0.3, -0.25) is 9.80 Å². The van der Waals surface area contributed by atoms with Gasteiger partial charge in [0.15, 0.2) is 0 Å². The van der Waals surface area contributed by atoms with Crippen molar-refractivity contribution in [2.45, 2.75) is 32.9 Å². The first-order valence-corrected chi connectivity index (χ1v) is 11.9. The maximum atomic E-state index is 12.7. The van der Waals surface area contributed by atoms with Crippen LogP contribution in [0.3, 0.4) is 0 Å². The summed E-state index contributed by atoms with van der Waals surface area (Å²) < 4.78 is 5.39. The zero-order valence-corrected chi connectivity index (χ0v) is 19.8. The molecule has 0 saturated carbocycles. The number of ether oxygens (including phenoxy) is 1. The van der Waals surface area contributed by atoms with Gasteiger partial charge in [0.1, 0.15) is 6.04 Å². The van der Waals surface area contributed by atoms with Crippen molar-refractivity contribution in [3.8, 4) is 0 Å². The van der Waals surface area contributed by atoms with Crippen LogP contribution in [0.15, 0.2) is 54.6 Å². The summed E-state index contributed by atoms with van der Waals surface area (Å²) >= 11 is 0. The van der Waals surface area contributed by atoms with Gasteiger partial charge in [0.05, 0.1) is 6.61 Å². The molecule has 0 aromatic heterocycles. The van der Waals surface area contributed by atoms with E-state index in [0.29, 0.717) is 6.61 Å². The monoisotopic (exact) mass is 450 g/mol. The summed E-state index contributed by atoms with van der Waals surface area (Å²) in [6.07, 6.45) is 0. The van der Waals surface area contributed by atoms with E-state index in [0.717, 1.165) is 56.2 Å². The van der Waals surface area contributed by atoms with E-state index < -0.39 is 0 Å². The fraction of sp³-hybridized carbons (Fsp3) is 0.462. The van der Waals surface area contributed by atoms with Gasteiger partial charge >= 0.3 is 12.0 Å². The Morgan fingerprint density at radius 3 is 2.09 bits per heavy atom. The predicted molar refractivity (Wildman–Crippen MR) is 131 cm³/mol. The Labute approximate surface area is 196 Å². The molecule has 0 radical (unpaired) electrons. The minimum absolute atomic E-state index is 0.0808. The molecule has 1 atom stereocenters. The highest BCUT2D eigenvalue weighted by Gasteiger charge is 2.33. The van der Waals surface area contributed by atoms with Crippen LogP contribution in [0.4, 0.5) is 16.2 Å². The largest absolute Gasteiger partial charge is 0.465 e. The molecule has 0 aliphatic carbocycles. The Bertz CT molecular complexity index is 940. The Balaban J connectivity index is 1.40. The van der Waals surface area contributed by atoms with Gasteiger partial charge in [0, 0.05) is 56.7 Å². The fourth-order valence-electron chi connectivity index (χ4n) is 4.71. The number of amides is 2. The Morgan fingerprint density at radius 2 is 1.52 bits per heavy atom. The molecule has 7 nitrogen and oxygen atoms in total. The fourth-order valence-corrected chi connectivity index (χ4v) is 4.71. The molecule has 176 valence electrons. The van der Waals surface area contributed by atoms with Crippen LogP contribution in [0.25, 0.3) is 0 Å². The van der Waals surface area contributed by atoms with Gasteiger partial charge in [-0.25, -0.2) is 9.59 Å². The summed E-state index contributed by atoms with van der Waals surface area (Å²) in [5.74, 6) is -0.188. The summed E-state index contributed by atoms with van der Waals surface area (Å²) in [7, 11) is 0. The lowest BCUT2D eigenvalue weighted by Gasteiger charge is -2.39. The van der Waals surface area contributed by atoms with Crippen molar-refractivity contribution in [3.63, 3.8) is 0 Å². The molecule has 7 heteroatoms. The molecule has 0 N–H and O–H groups in total. The maximum absolute atomic E-state index is 12.7. The molecule has 2 aliphatic heterocycles. The van der Waals surface area contributed by atoms with Gasteiger partial charge in [0.2, 0.25) is 0 Å². The first-order chi connectivity index (χ1) is 16.0. The minimum Gasteiger partial charge on any atom is -0.465 e. The van der Waals surface area contributed by atoms with E-state index in [1.54, 1.807) is 0 Å². The van der Waals surface area contributed by atoms with Crippen LogP contribution < -0.4 is 9.80 Å². The molecule has 33 heavy (non-hydrogen) atoms. The smallest absolute Gasteiger partial charge is 0.328 e. The van der Waals surface area contributed by atoms with Gasteiger partial charge in [0.25, 0.3) is 0 Å². The second kappa shape index (κ2) is 10.3. The van der Waals surface area contributed by atoms with Crippen LogP contribution in [-0.2, 0) is 9.53 Å². The first kappa shape index (κ1) is 23.1. The number of nitrogens with zero attached hydrogens (tertiary/aromatic N) is 4. The molecular weight excluding hydrogens is 416 g/mol. The quantitative estimate of drug-likeness (QED) is 0.601. The van der Waals surface area contributed by atoms with Crippen molar-refractivity contribution in [1.82, 2.24) is 9.80 Å². The molecule has 0 bridgehead atoms. The number of hydrogen-bond acceptors (Lipinski definition) is 5. The van der Waals surface area contributed by atoms with Crippen LogP contribution in [0.5, 0.6) is 0 Å². The van der Waals surface area contributed by atoms with Crippen molar-refractivity contribution in [3.05, 3.63) is 60.2 Å². The van der Waals surface area contributed by atoms with E-state index in [4.69, 9.17) is 4.74 Å². The van der Waals surface area contributed by atoms with Gasteiger partial charge in [-0.1, -0.05) is 30.3 Å². The summed E-state index contributed by atoms with van der Waals surface area (Å²) in [5.41, 5.74) is 3.05. The van der Waals surface area contributed by atoms with E-state index in [1.165, 1.54) is 0 Å². The van der Waals surface area contributed by atoms with Crippen LogP contribution in [-0.4, -0.2) is 73.7 Å². The van der Waals surface area contributed by atoms with Gasteiger partial charge in [-0.05, 0) is 50.6 Å². The average molecular weight is 451 g/mol. The van der Waals surface area contributed by atoms with E-state index in [9.17, 15) is 9.59 Å². The summed E-state index contributed by atoms with van der Waals surface area (Å²) in [4.78, 5) is 33.7. The normalized spacial score (nSPS) is 18.2. The van der Waals surface area contributed by atoms with Crippen molar-refractivity contribution < 1.29 is 14.3 Å². The highest BCUT2D eigenvalue weighted by molar-refractivity contribution is 5.94. The maximum Gasteiger partial charge on any atom is 0.328 e. The molecule has 2 aliphatic rings. The Kier molecular flexibility index (Phi) is 7.18. The number of anilines is 2. The number of esters is 1. The minimum atomic E-state index is -0.374. The van der Waals surface area contributed by atoms with Crippen LogP contribution in [0.2, 0.25) is 0 Å². The van der Waals surface area contributed by atoms with Crippen LogP contribution in [0.1, 0.15) is 32.4 Å². The first-order valence-electron chi connectivity index (χ1n) is 11.9. The molecule has 2 amide bonds. The molecular formula is C26H34N4O3. The standard InChI is InChI=1S/C26H34N4O3/c1-4-33-25(31)24(21-8-6-5-7-9-21)28-16-14-27(15-17-28)22-10-12-23(13-11-22)30-19-18-29(20(2)3)26(30)32/h5-13,20,24H,4,14-19H2,1-3H3. The topological polar surface area (TPSA) is 56.3 Å². The van der Waals surface area contributed by atoms with Crippen LogP contribution in [0, 0.1) is 0 Å². The van der Waals surface area contributed by atoms with E-state index in [1.807, 2.05) is 59.2 Å². The SMILES string of the molecule is CCOC(=O)C(c1ccccc1)N1CCN(c2ccc(N3CCN(C(C)C)C3=O)cc2)CC1. The number of carbonyl (C=O) groups is 2. The molecule has 2 fully saturated rings. The third-order valence-corrected chi connectivity index (χ3v) is 6.50. The van der Waals surface area contributed by atoms with Gasteiger partial charge < -0.3 is 14.5 Å². The number of rotatable bonds is 7. The zero-order valence-electron chi connectivity index (χ0n) is 19.8. The van der Waals surface area contributed by atoms with Crippen molar-refractivity contribution >= 4 is 23.4 Å². The zero-order chi connectivity index (χ0) is 23.4. The van der Waals surface area contributed by atoms with E-state index in [-0.39, 0.29) is 24.1 Å². The average Bonchev–Trinajstić information content (AvgIpc) is 3.22. The van der Waals surface area contributed by atoms with Crippen LogP contribution >= 0.6 is 0 Å². The predicted octanol–water partition coefficient (Wildman–Crippen LogP) is 3.76. The summed E-state index contributed by atoms with van der Waals surface area (Å²) in [6.45, 7) is 11.0. The third kappa shape index (κ3) is 4.98. The lowest BCUT2D eigenvalue weighted by Crippen LogP contribution is -2.49. The molecule has 2 saturated heterocycles. The van der Waals surface area contributed by atoms with Crippen molar-refractivity contribution in [1.29, 1.82) is 0 Å². The second-order valence-electron chi connectivity index (χ2n) is 8.83. The number of benzene rings is 2. The number of hydrogen-bond donors (Lipinski definition) is 0. The highest BCUT2D eigenvalue weighted by Crippen LogP contribution is 2.28. The van der Waals surface area contributed by atoms with Crippen molar-refractivity contribution in [2.24, 2.45) is 0 Å². The van der Waals surface area contributed by atoms with E-state index in [2.05, 4.69) is 35.8 Å². The second-order valence-corrected chi connectivity index (χ2v) is 8.83. The lowest BCUT2D eigenvalue weighted by molar-refractivity contribution is -0.150. The Hall–Kier alpha value is -3.06. The van der Waals surface area contributed by atoms with Gasteiger partial charge in [-0.15, -0.1) is 0 Å². The molecule has 4 rings (SSSR count). The molecule has 1 unspecified atom stereocenters. The highest BCUT2D eigenvalue weighted by atomic mass is 16.5. The van der Waals surface area contributed by atoms with Gasteiger partial charge in [-0.2, -0.15) is 0 Å².